The number of nitrogens with two attached hydrogens (primary N) is 3. The number of nitrogen functional groups attached to an aromatic ring is 2. The summed E-state index contributed by atoms with van der Waals surface area (Å²) < 4.78 is 0. The van der Waals surface area contributed by atoms with Crippen LogP contribution in [0.4, 0.5) is 11.5 Å². The predicted molar refractivity (Wildman–Crippen MR) is 56.9 cm³/mol. The fraction of sp³-hybridized carbons (Fsp3) is 0. The summed E-state index contributed by atoms with van der Waals surface area (Å²) >= 11 is 0. The largest absolute Gasteiger partial charge is 0.399 e. The molecule has 76 valence electrons. The molecule has 0 saturated carbocycles. The number of carbonyl (C=O) groups is 1. The number of fused-ring (bicyclic) bond motifs is 1. The van der Waals surface area contributed by atoms with Gasteiger partial charge in [0.1, 0.15) is 0 Å². The summed E-state index contributed by atoms with van der Waals surface area (Å²) in [5.74, 6) is -0.681. The van der Waals surface area contributed by atoms with Crippen molar-refractivity contribution in [1.29, 1.82) is 0 Å². The zero-order valence-electron chi connectivity index (χ0n) is 7.77. The standard InChI is InChI=1S/C9H9N5O/c10-4-1-2-5-6(3-4)14-8(11)7(13-5)9(12)15/h1-3H,10H2,(H2,11,14)(H2,12,15). The molecular formula is C9H9N5O. The van der Waals surface area contributed by atoms with E-state index >= 15 is 0 Å². The van der Waals surface area contributed by atoms with E-state index in [1.165, 1.54) is 0 Å². The molecule has 2 rings (SSSR count). The van der Waals surface area contributed by atoms with Crippen molar-refractivity contribution < 1.29 is 4.79 Å². The first-order valence-electron chi connectivity index (χ1n) is 4.20. The zero-order valence-corrected chi connectivity index (χ0v) is 7.77. The van der Waals surface area contributed by atoms with Crippen LogP contribution in [0.3, 0.4) is 0 Å². The number of benzene rings is 1. The van der Waals surface area contributed by atoms with Crippen molar-refractivity contribution in [3.05, 3.63) is 23.9 Å². The Hall–Kier alpha value is -2.37. The molecule has 1 heterocycles. The fourth-order valence-electron chi connectivity index (χ4n) is 1.27. The lowest BCUT2D eigenvalue weighted by Gasteiger charge is -2.03. The van der Waals surface area contributed by atoms with Gasteiger partial charge >= 0.3 is 0 Å². The number of hydrogen-bond donors (Lipinski definition) is 3. The molecular weight excluding hydrogens is 194 g/mol. The molecule has 2 aromatic rings. The Balaban J connectivity index is 2.76. The summed E-state index contributed by atoms with van der Waals surface area (Å²) in [5, 5.41) is 0. The zero-order chi connectivity index (χ0) is 11.0. The first-order valence-corrected chi connectivity index (χ1v) is 4.20. The minimum atomic E-state index is -0.696. The minimum Gasteiger partial charge on any atom is -0.399 e. The molecule has 6 nitrogen and oxygen atoms in total. The quantitative estimate of drug-likeness (QED) is 0.558. The molecule has 0 bridgehead atoms. The molecule has 0 unspecified atom stereocenters. The molecule has 0 saturated heterocycles. The monoisotopic (exact) mass is 203 g/mol. The third kappa shape index (κ3) is 1.52. The van der Waals surface area contributed by atoms with Gasteiger partial charge in [0.2, 0.25) is 0 Å². The van der Waals surface area contributed by atoms with Crippen LogP contribution < -0.4 is 17.2 Å². The average Bonchev–Trinajstić information content (AvgIpc) is 2.15. The van der Waals surface area contributed by atoms with Gasteiger partial charge in [-0.25, -0.2) is 9.97 Å². The van der Waals surface area contributed by atoms with Crippen LogP contribution >= 0.6 is 0 Å². The summed E-state index contributed by atoms with van der Waals surface area (Å²) in [6.45, 7) is 0. The van der Waals surface area contributed by atoms with Crippen molar-refractivity contribution in [1.82, 2.24) is 9.97 Å². The number of primary amides is 1. The first-order chi connectivity index (χ1) is 7.08. The van der Waals surface area contributed by atoms with E-state index in [1.54, 1.807) is 18.2 Å². The molecule has 0 aliphatic carbocycles. The third-order valence-electron chi connectivity index (χ3n) is 1.95. The van der Waals surface area contributed by atoms with E-state index < -0.39 is 5.91 Å². The van der Waals surface area contributed by atoms with Crippen LogP contribution in [-0.4, -0.2) is 15.9 Å². The van der Waals surface area contributed by atoms with Gasteiger partial charge < -0.3 is 17.2 Å². The molecule has 6 heteroatoms. The lowest BCUT2D eigenvalue weighted by Crippen LogP contribution is -2.16. The first kappa shape index (κ1) is 9.20. The lowest BCUT2D eigenvalue weighted by atomic mass is 10.2. The lowest BCUT2D eigenvalue weighted by molar-refractivity contribution is 0.0996. The van der Waals surface area contributed by atoms with Crippen LogP contribution in [0.2, 0.25) is 0 Å². The van der Waals surface area contributed by atoms with Crippen molar-refractivity contribution >= 4 is 28.4 Å². The van der Waals surface area contributed by atoms with E-state index in [1.807, 2.05) is 0 Å². The number of hydrogen-bond acceptors (Lipinski definition) is 5. The van der Waals surface area contributed by atoms with Gasteiger partial charge in [0.25, 0.3) is 5.91 Å². The molecule has 0 atom stereocenters. The van der Waals surface area contributed by atoms with Crippen LogP contribution in [-0.2, 0) is 0 Å². The summed E-state index contributed by atoms with van der Waals surface area (Å²) in [4.78, 5) is 18.9. The van der Waals surface area contributed by atoms with E-state index in [9.17, 15) is 4.79 Å². The molecule has 15 heavy (non-hydrogen) atoms. The normalized spacial score (nSPS) is 10.4. The highest BCUT2D eigenvalue weighted by Gasteiger charge is 2.10. The van der Waals surface area contributed by atoms with E-state index in [0.29, 0.717) is 16.7 Å². The highest BCUT2D eigenvalue weighted by atomic mass is 16.1. The SMILES string of the molecule is NC(=O)c1nc2ccc(N)cc2nc1N. The maximum absolute atomic E-state index is 10.9. The van der Waals surface area contributed by atoms with E-state index in [0.717, 1.165) is 0 Å². The second-order valence-electron chi connectivity index (χ2n) is 3.07. The molecule has 0 spiro atoms. The predicted octanol–water partition coefficient (Wildman–Crippen LogP) is -0.107. The topological polar surface area (TPSA) is 121 Å². The van der Waals surface area contributed by atoms with Crippen molar-refractivity contribution in [2.45, 2.75) is 0 Å². The van der Waals surface area contributed by atoms with Crippen LogP contribution in [0, 0.1) is 0 Å². The maximum Gasteiger partial charge on any atom is 0.271 e. The molecule has 1 amide bonds. The van der Waals surface area contributed by atoms with Gasteiger partial charge in [-0.1, -0.05) is 0 Å². The number of aromatic nitrogens is 2. The molecule has 0 aliphatic rings. The molecule has 6 N–H and O–H groups in total. The molecule has 1 aromatic carbocycles. The average molecular weight is 203 g/mol. The fourth-order valence-corrected chi connectivity index (χ4v) is 1.27. The van der Waals surface area contributed by atoms with Crippen molar-refractivity contribution in [2.24, 2.45) is 5.73 Å². The van der Waals surface area contributed by atoms with Gasteiger partial charge in [-0.3, -0.25) is 4.79 Å². The minimum absolute atomic E-state index is 0.0144. The summed E-state index contributed by atoms with van der Waals surface area (Å²) in [6, 6.07) is 4.95. The van der Waals surface area contributed by atoms with Crippen LogP contribution in [0.1, 0.15) is 10.5 Å². The van der Waals surface area contributed by atoms with Crippen LogP contribution in [0.5, 0.6) is 0 Å². The van der Waals surface area contributed by atoms with Gasteiger partial charge in [0, 0.05) is 5.69 Å². The highest BCUT2D eigenvalue weighted by Crippen LogP contribution is 2.16. The number of carbonyl (C=O) groups excluding carboxylic acids is 1. The van der Waals surface area contributed by atoms with Gasteiger partial charge in [-0.2, -0.15) is 0 Å². The Morgan fingerprint density at radius 1 is 1.13 bits per heavy atom. The highest BCUT2D eigenvalue weighted by molar-refractivity contribution is 5.97. The maximum atomic E-state index is 10.9. The second kappa shape index (κ2) is 3.09. The molecule has 0 radical (unpaired) electrons. The smallest absolute Gasteiger partial charge is 0.271 e. The van der Waals surface area contributed by atoms with Crippen molar-refractivity contribution in [2.75, 3.05) is 11.5 Å². The summed E-state index contributed by atoms with van der Waals surface area (Å²) in [5.41, 5.74) is 17.8. The molecule has 1 aromatic heterocycles. The number of amides is 1. The van der Waals surface area contributed by atoms with E-state index in [2.05, 4.69) is 9.97 Å². The molecule has 0 aliphatic heterocycles. The molecule has 0 fully saturated rings. The van der Waals surface area contributed by atoms with Gasteiger partial charge in [0.05, 0.1) is 11.0 Å². The summed E-state index contributed by atoms with van der Waals surface area (Å²) in [7, 11) is 0. The van der Waals surface area contributed by atoms with Crippen molar-refractivity contribution in [3.8, 4) is 0 Å². The van der Waals surface area contributed by atoms with E-state index in [-0.39, 0.29) is 11.5 Å². The Labute approximate surface area is 85.1 Å². The van der Waals surface area contributed by atoms with Crippen LogP contribution in [0.15, 0.2) is 18.2 Å². The Morgan fingerprint density at radius 2 is 1.87 bits per heavy atom. The number of nitrogens with zero attached hydrogens (tertiary/aromatic N) is 2. The Bertz CT molecular complexity index is 551. The van der Waals surface area contributed by atoms with Crippen molar-refractivity contribution in [3.63, 3.8) is 0 Å². The Morgan fingerprint density at radius 3 is 2.53 bits per heavy atom. The summed E-state index contributed by atoms with van der Waals surface area (Å²) in [6.07, 6.45) is 0. The van der Waals surface area contributed by atoms with E-state index in [4.69, 9.17) is 17.2 Å². The number of rotatable bonds is 1. The van der Waals surface area contributed by atoms with Crippen LogP contribution in [0.25, 0.3) is 11.0 Å². The second-order valence-corrected chi connectivity index (χ2v) is 3.07. The Kier molecular flexibility index (Phi) is 1.89. The van der Waals surface area contributed by atoms with Gasteiger partial charge in [0.15, 0.2) is 11.5 Å². The van der Waals surface area contributed by atoms with Gasteiger partial charge in [-0.15, -0.1) is 0 Å². The number of anilines is 2. The third-order valence-corrected chi connectivity index (χ3v) is 1.95. The van der Waals surface area contributed by atoms with Gasteiger partial charge in [-0.05, 0) is 18.2 Å².